The maximum Gasteiger partial charge on any atom is 0.319 e. The molecule has 0 bridgehead atoms. The average Bonchev–Trinajstić information content (AvgIpc) is 2.73. The highest BCUT2D eigenvalue weighted by molar-refractivity contribution is 14.1. The van der Waals surface area contributed by atoms with Crippen molar-refractivity contribution in [1.82, 2.24) is 0 Å². The van der Waals surface area contributed by atoms with E-state index in [0.717, 1.165) is 10.7 Å². The van der Waals surface area contributed by atoms with Crippen LogP contribution >= 0.6 is 113 Å². The molecule has 0 spiro atoms. The van der Waals surface area contributed by atoms with Crippen molar-refractivity contribution in [3.8, 4) is 11.5 Å². The van der Waals surface area contributed by atoms with E-state index in [0.29, 0.717) is 11.3 Å². The van der Waals surface area contributed by atoms with E-state index in [4.69, 9.17) is 9.47 Å². The first-order chi connectivity index (χ1) is 16.4. The van der Waals surface area contributed by atoms with E-state index in [2.05, 4.69) is 67.8 Å². The SMILES string of the molecule is O=C(CC(C(=O)Oc1cc(I)c(S(=O)(=O)O)c(I)c1)c1ccccc1)Oc1c(I)cc(I)cc1I. The molecule has 0 aliphatic heterocycles. The van der Waals surface area contributed by atoms with Gasteiger partial charge in [-0.25, -0.2) is 0 Å². The van der Waals surface area contributed by atoms with Gasteiger partial charge >= 0.3 is 11.9 Å². The Bertz CT molecular complexity index is 1350. The van der Waals surface area contributed by atoms with Gasteiger partial charge in [0, 0.05) is 10.7 Å². The minimum Gasteiger partial charge on any atom is -0.426 e. The summed E-state index contributed by atoms with van der Waals surface area (Å²) in [5.74, 6) is -1.74. The fourth-order valence-corrected chi connectivity index (χ4v) is 10.8. The van der Waals surface area contributed by atoms with E-state index in [1.807, 2.05) is 12.1 Å². The zero-order valence-corrected chi connectivity index (χ0v) is 28.8. The van der Waals surface area contributed by atoms with Crippen LogP contribution in [-0.4, -0.2) is 24.9 Å². The van der Waals surface area contributed by atoms with E-state index >= 15 is 0 Å². The molecule has 0 fully saturated rings. The van der Waals surface area contributed by atoms with E-state index in [9.17, 15) is 22.6 Å². The maximum absolute atomic E-state index is 13.2. The van der Waals surface area contributed by atoms with Crippen molar-refractivity contribution in [2.24, 2.45) is 0 Å². The fraction of sp³-hybridized carbons (Fsp3) is 0.0909. The molecule has 0 radical (unpaired) electrons. The molecule has 0 saturated carbocycles. The smallest absolute Gasteiger partial charge is 0.319 e. The molecule has 7 nitrogen and oxygen atoms in total. The lowest BCUT2D eigenvalue weighted by Gasteiger charge is -2.17. The predicted molar refractivity (Wildman–Crippen MR) is 171 cm³/mol. The third-order valence-corrected chi connectivity index (χ3v) is 10.1. The molecule has 1 N–H and O–H groups in total. The summed E-state index contributed by atoms with van der Waals surface area (Å²) in [5.41, 5.74) is 0.570. The average molecular weight is 1060 g/mol. The summed E-state index contributed by atoms with van der Waals surface area (Å²) in [6, 6.07) is 15.2. The Balaban J connectivity index is 1.87. The summed E-state index contributed by atoms with van der Waals surface area (Å²) in [6.45, 7) is 0. The molecule has 0 heterocycles. The van der Waals surface area contributed by atoms with Gasteiger partial charge in [-0.3, -0.25) is 14.1 Å². The van der Waals surface area contributed by atoms with E-state index in [1.54, 1.807) is 75.5 Å². The molecule has 0 aliphatic rings. The molecule has 35 heavy (non-hydrogen) atoms. The number of hydrogen-bond donors (Lipinski definition) is 1. The Hall–Kier alpha value is 0.160. The third-order valence-electron chi connectivity index (χ3n) is 4.48. The molecule has 0 aliphatic carbocycles. The van der Waals surface area contributed by atoms with Gasteiger partial charge in [0.1, 0.15) is 10.6 Å². The number of ether oxygens (including phenoxy) is 2. The highest BCUT2D eigenvalue weighted by Crippen LogP contribution is 2.33. The quantitative estimate of drug-likeness (QED) is 0.123. The van der Waals surface area contributed by atoms with Crippen LogP contribution < -0.4 is 9.47 Å². The number of carbonyl (C=O) groups is 2. The van der Waals surface area contributed by atoms with Crippen molar-refractivity contribution < 1.29 is 32.0 Å². The first-order valence-electron chi connectivity index (χ1n) is 9.45. The summed E-state index contributed by atoms with van der Waals surface area (Å²) >= 11 is 9.85. The molecule has 13 heteroatoms. The van der Waals surface area contributed by atoms with Crippen LogP contribution in [0.2, 0.25) is 0 Å². The second-order valence-electron chi connectivity index (χ2n) is 6.95. The predicted octanol–water partition coefficient (Wildman–Crippen LogP) is 6.64. The van der Waals surface area contributed by atoms with Gasteiger partial charge in [0.2, 0.25) is 0 Å². The number of esters is 2. The highest BCUT2D eigenvalue weighted by Gasteiger charge is 2.29. The second-order valence-corrected chi connectivity index (χ2v) is 14.2. The van der Waals surface area contributed by atoms with Gasteiger partial charge in [-0.05, 0) is 143 Å². The van der Waals surface area contributed by atoms with Gasteiger partial charge in [0.25, 0.3) is 10.1 Å². The van der Waals surface area contributed by atoms with Gasteiger partial charge in [0.05, 0.1) is 19.5 Å². The zero-order chi connectivity index (χ0) is 25.9. The van der Waals surface area contributed by atoms with Crippen LogP contribution in [0.1, 0.15) is 17.9 Å². The lowest BCUT2D eigenvalue weighted by Crippen LogP contribution is -2.24. The van der Waals surface area contributed by atoms with Crippen molar-refractivity contribution >= 4 is 135 Å². The molecule has 184 valence electrons. The standard InChI is InChI=1S/C22H13I5O7S/c23-12-6-15(24)20(16(25)7-12)34-19(28)10-14(11-4-2-1-3-5-11)22(29)33-13-8-17(26)21(18(27)9-13)35(30,31)32/h1-9,14H,10H2,(H,30,31,32). The Labute approximate surface area is 269 Å². The normalized spacial score (nSPS) is 12.2. The van der Waals surface area contributed by atoms with Gasteiger partial charge in [-0.15, -0.1) is 0 Å². The lowest BCUT2D eigenvalue weighted by molar-refractivity contribution is -0.142. The topological polar surface area (TPSA) is 107 Å². The van der Waals surface area contributed by atoms with Crippen molar-refractivity contribution in [2.45, 2.75) is 17.2 Å². The monoisotopic (exact) mass is 1060 g/mol. The summed E-state index contributed by atoms with van der Waals surface area (Å²) in [6.07, 6.45) is -0.266. The van der Waals surface area contributed by atoms with E-state index in [-0.39, 0.29) is 24.2 Å². The third kappa shape index (κ3) is 8.07. The van der Waals surface area contributed by atoms with Gasteiger partial charge in [-0.1, -0.05) is 30.3 Å². The Morgan fingerprint density at radius 1 is 0.829 bits per heavy atom. The number of carbonyl (C=O) groups excluding carboxylic acids is 2. The van der Waals surface area contributed by atoms with Gasteiger partial charge < -0.3 is 9.47 Å². The molecule has 3 rings (SSSR count). The Morgan fingerprint density at radius 3 is 1.89 bits per heavy atom. The van der Waals surface area contributed by atoms with Gasteiger partial charge in [0.15, 0.2) is 5.75 Å². The van der Waals surface area contributed by atoms with Crippen LogP contribution in [0.3, 0.4) is 0 Å². The van der Waals surface area contributed by atoms with Gasteiger partial charge in [-0.2, -0.15) is 8.42 Å². The molecule has 3 aromatic carbocycles. The molecule has 0 amide bonds. The Kier molecular flexibility index (Phi) is 10.9. The van der Waals surface area contributed by atoms with Crippen molar-refractivity contribution in [3.63, 3.8) is 0 Å². The number of rotatable bonds is 7. The van der Waals surface area contributed by atoms with Crippen LogP contribution in [0.15, 0.2) is 59.5 Å². The number of benzene rings is 3. The molecule has 3 aromatic rings. The first-order valence-corrected chi connectivity index (χ1v) is 16.3. The molecular weight excluding hydrogens is 1040 g/mol. The van der Waals surface area contributed by atoms with Crippen LogP contribution in [0.4, 0.5) is 0 Å². The minimum atomic E-state index is -4.44. The van der Waals surface area contributed by atoms with E-state index in [1.165, 1.54) is 12.1 Å². The number of halogens is 5. The first kappa shape index (κ1) is 29.7. The van der Waals surface area contributed by atoms with Crippen LogP contribution in [0.25, 0.3) is 0 Å². The highest BCUT2D eigenvalue weighted by atomic mass is 127. The molecule has 1 unspecified atom stereocenters. The lowest BCUT2D eigenvalue weighted by atomic mass is 9.96. The summed E-state index contributed by atoms with van der Waals surface area (Å²) in [4.78, 5) is 25.8. The minimum absolute atomic E-state index is 0.0900. The Morgan fingerprint density at radius 2 is 1.37 bits per heavy atom. The molecular formula is C22H13I5O7S. The van der Waals surface area contributed by atoms with E-state index < -0.39 is 28.0 Å². The van der Waals surface area contributed by atoms with Crippen LogP contribution in [0, 0.1) is 17.9 Å². The largest absolute Gasteiger partial charge is 0.426 e. The summed E-state index contributed by atoms with van der Waals surface area (Å²) in [7, 11) is -4.44. The zero-order valence-electron chi connectivity index (χ0n) is 17.2. The second kappa shape index (κ2) is 12.8. The van der Waals surface area contributed by atoms with Crippen LogP contribution in [0.5, 0.6) is 11.5 Å². The fourth-order valence-electron chi connectivity index (χ4n) is 3.00. The molecule has 0 saturated heterocycles. The summed E-state index contributed by atoms with van der Waals surface area (Å²) < 4.78 is 46.8. The van der Waals surface area contributed by atoms with Crippen molar-refractivity contribution in [3.05, 3.63) is 78.0 Å². The summed E-state index contributed by atoms with van der Waals surface area (Å²) in [5, 5.41) is 0. The molecule has 0 aromatic heterocycles. The maximum atomic E-state index is 13.2. The molecule has 1 atom stereocenters. The number of hydrogen-bond acceptors (Lipinski definition) is 6. The van der Waals surface area contributed by atoms with Crippen molar-refractivity contribution in [2.75, 3.05) is 0 Å². The van der Waals surface area contributed by atoms with Crippen LogP contribution in [-0.2, 0) is 19.7 Å². The van der Waals surface area contributed by atoms with Crippen molar-refractivity contribution in [1.29, 1.82) is 0 Å².